The molecule has 0 unspecified atom stereocenters. The molecule has 0 fully saturated rings. The molecule has 1 N–H and O–H groups in total. The summed E-state index contributed by atoms with van der Waals surface area (Å²) in [6, 6.07) is 25.8. The Balaban J connectivity index is 1.17. The van der Waals surface area contributed by atoms with Gasteiger partial charge in [0.05, 0.1) is 19.9 Å². The number of amides is 1. The molecule has 0 saturated carbocycles. The van der Waals surface area contributed by atoms with Crippen LogP contribution in [0.25, 0.3) is 23.3 Å². The molecule has 196 valence electrons. The number of rotatable bonds is 7. The Morgan fingerprint density at radius 1 is 0.846 bits per heavy atom. The topological polar surface area (TPSA) is 75.3 Å². The molecule has 4 aromatic carbocycles. The summed E-state index contributed by atoms with van der Waals surface area (Å²) in [6.07, 6.45) is 3.32. The van der Waals surface area contributed by atoms with Crippen LogP contribution in [0.15, 0.2) is 78.9 Å². The maximum atomic E-state index is 12.9. The third-order valence-electron chi connectivity index (χ3n) is 6.95. The smallest absolute Gasteiger partial charge is 0.411 e. The van der Waals surface area contributed by atoms with Crippen molar-refractivity contribution in [2.75, 3.05) is 32.9 Å². The van der Waals surface area contributed by atoms with Crippen LogP contribution in [0, 0.1) is 0 Å². The van der Waals surface area contributed by atoms with Gasteiger partial charge in [0.2, 0.25) is 12.5 Å². The van der Waals surface area contributed by atoms with E-state index in [0.29, 0.717) is 28.7 Å². The first-order chi connectivity index (χ1) is 19.1. The molecule has 2 aliphatic rings. The van der Waals surface area contributed by atoms with Crippen molar-refractivity contribution < 1.29 is 28.5 Å². The highest BCUT2D eigenvalue weighted by Gasteiger charge is 2.29. The van der Waals surface area contributed by atoms with Crippen molar-refractivity contribution in [2.24, 2.45) is 0 Å². The third kappa shape index (κ3) is 4.75. The van der Waals surface area contributed by atoms with Crippen LogP contribution < -0.4 is 24.3 Å². The van der Waals surface area contributed by atoms with Gasteiger partial charge in [-0.2, -0.15) is 0 Å². The van der Waals surface area contributed by atoms with Gasteiger partial charge in [0.1, 0.15) is 12.4 Å². The standard InChI is InChI=1S/C32H27NO6/c1-35-28-14-13-20(11-12-21-16-29(36-2)31-30(17-21)38-19-39-31)15-27(28)33-32(34)37-18-26-24-9-5-3-7-22(24)23-8-4-6-10-25(23)26/h3-17,26H,18-19H2,1-2H3,(H,33,34)/b12-11-. The second-order valence-electron chi connectivity index (χ2n) is 9.20. The molecule has 0 saturated heterocycles. The van der Waals surface area contributed by atoms with Gasteiger partial charge in [0, 0.05) is 5.92 Å². The highest BCUT2D eigenvalue weighted by molar-refractivity contribution is 5.88. The second kappa shape index (κ2) is 10.5. The number of methoxy groups -OCH3 is 2. The van der Waals surface area contributed by atoms with E-state index in [9.17, 15) is 4.79 Å². The summed E-state index contributed by atoms with van der Waals surface area (Å²) in [5.74, 6) is 2.37. The molecule has 4 aromatic rings. The third-order valence-corrected chi connectivity index (χ3v) is 6.95. The SMILES string of the molecule is COc1ccc(/C=C\c2cc(OC)c3c(c2)OCO3)cc1NC(=O)OCC1c2ccccc2-c2ccccc21. The Labute approximate surface area is 226 Å². The first kappa shape index (κ1) is 24.4. The number of fused-ring (bicyclic) bond motifs is 4. The monoisotopic (exact) mass is 521 g/mol. The summed E-state index contributed by atoms with van der Waals surface area (Å²) in [4.78, 5) is 12.9. The average molecular weight is 522 g/mol. The fourth-order valence-corrected chi connectivity index (χ4v) is 5.11. The lowest BCUT2D eigenvalue weighted by Gasteiger charge is -2.15. The van der Waals surface area contributed by atoms with Crippen molar-refractivity contribution in [3.8, 4) is 34.1 Å². The Kier molecular flexibility index (Phi) is 6.55. The van der Waals surface area contributed by atoms with Gasteiger partial charge in [-0.3, -0.25) is 5.32 Å². The summed E-state index contributed by atoms with van der Waals surface area (Å²) in [7, 11) is 3.15. The van der Waals surface area contributed by atoms with E-state index in [1.807, 2.05) is 60.7 Å². The summed E-state index contributed by atoms with van der Waals surface area (Å²) in [6.45, 7) is 0.399. The molecule has 0 radical (unpaired) electrons. The normalized spacial score (nSPS) is 13.2. The fourth-order valence-electron chi connectivity index (χ4n) is 5.11. The second-order valence-corrected chi connectivity index (χ2v) is 9.20. The van der Waals surface area contributed by atoms with Crippen LogP contribution in [0.1, 0.15) is 28.2 Å². The quantitative estimate of drug-likeness (QED) is 0.265. The number of nitrogens with one attached hydrogen (secondary N) is 1. The lowest BCUT2D eigenvalue weighted by Crippen LogP contribution is -2.18. The largest absolute Gasteiger partial charge is 0.495 e. The van der Waals surface area contributed by atoms with E-state index >= 15 is 0 Å². The molecule has 6 rings (SSSR count). The number of carbonyl (C=O) groups is 1. The van der Waals surface area contributed by atoms with Gasteiger partial charge < -0.3 is 23.7 Å². The van der Waals surface area contributed by atoms with Crippen molar-refractivity contribution in [3.05, 3.63) is 101 Å². The number of anilines is 1. The summed E-state index contributed by atoms with van der Waals surface area (Å²) in [5, 5.41) is 2.85. The van der Waals surface area contributed by atoms with Gasteiger partial charge in [0.25, 0.3) is 0 Å². The van der Waals surface area contributed by atoms with Gasteiger partial charge in [-0.05, 0) is 57.6 Å². The minimum atomic E-state index is -0.545. The van der Waals surface area contributed by atoms with E-state index in [1.54, 1.807) is 20.3 Å². The summed E-state index contributed by atoms with van der Waals surface area (Å²) in [5.41, 5.74) is 6.96. The number of hydrogen-bond acceptors (Lipinski definition) is 6. The average Bonchev–Trinajstić information content (AvgIpc) is 3.57. The number of carbonyl (C=O) groups excluding carboxylic acids is 1. The lowest BCUT2D eigenvalue weighted by molar-refractivity contribution is 0.158. The van der Waals surface area contributed by atoms with Gasteiger partial charge in [-0.15, -0.1) is 0 Å². The molecule has 1 heterocycles. The van der Waals surface area contributed by atoms with E-state index in [0.717, 1.165) is 22.3 Å². The zero-order valence-electron chi connectivity index (χ0n) is 21.6. The Morgan fingerprint density at radius 2 is 1.54 bits per heavy atom. The van der Waals surface area contributed by atoms with Crippen molar-refractivity contribution in [1.82, 2.24) is 0 Å². The minimum absolute atomic E-state index is 0.0157. The number of benzene rings is 4. The van der Waals surface area contributed by atoms with Crippen LogP contribution in [0.5, 0.6) is 23.0 Å². The molecule has 39 heavy (non-hydrogen) atoms. The van der Waals surface area contributed by atoms with Crippen LogP contribution >= 0.6 is 0 Å². The van der Waals surface area contributed by atoms with Crippen LogP contribution in [-0.4, -0.2) is 33.7 Å². The lowest BCUT2D eigenvalue weighted by atomic mass is 9.98. The van der Waals surface area contributed by atoms with Gasteiger partial charge in [0.15, 0.2) is 11.5 Å². The van der Waals surface area contributed by atoms with Crippen molar-refractivity contribution in [2.45, 2.75) is 5.92 Å². The van der Waals surface area contributed by atoms with Crippen LogP contribution in [0.2, 0.25) is 0 Å². The maximum Gasteiger partial charge on any atom is 0.411 e. The minimum Gasteiger partial charge on any atom is -0.495 e. The van der Waals surface area contributed by atoms with E-state index in [1.165, 1.54) is 11.1 Å². The molecule has 1 aliphatic carbocycles. The zero-order chi connectivity index (χ0) is 26.8. The molecule has 7 nitrogen and oxygen atoms in total. The molecule has 0 aromatic heterocycles. The van der Waals surface area contributed by atoms with E-state index in [2.05, 4.69) is 29.6 Å². The van der Waals surface area contributed by atoms with E-state index < -0.39 is 6.09 Å². The fraction of sp³-hybridized carbons (Fsp3) is 0.156. The first-order valence-electron chi connectivity index (χ1n) is 12.6. The number of ether oxygens (including phenoxy) is 5. The maximum absolute atomic E-state index is 12.9. The van der Waals surface area contributed by atoms with E-state index in [4.69, 9.17) is 23.7 Å². The van der Waals surface area contributed by atoms with E-state index in [-0.39, 0.29) is 19.3 Å². The first-order valence-corrected chi connectivity index (χ1v) is 12.6. The van der Waals surface area contributed by atoms with Crippen molar-refractivity contribution in [1.29, 1.82) is 0 Å². The highest BCUT2D eigenvalue weighted by Crippen LogP contribution is 2.45. The zero-order valence-corrected chi connectivity index (χ0v) is 21.6. The summed E-state index contributed by atoms with van der Waals surface area (Å²) >= 11 is 0. The predicted octanol–water partition coefficient (Wildman–Crippen LogP) is 6.96. The molecule has 0 bridgehead atoms. The van der Waals surface area contributed by atoms with Crippen LogP contribution in [0.4, 0.5) is 10.5 Å². The molecular weight excluding hydrogens is 494 g/mol. The molecule has 0 spiro atoms. The Morgan fingerprint density at radius 3 is 2.26 bits per heavy atom. The highest BCUT2D eigenvalue weighted by atomic mass is 16.7. The van der Waals surface area contributed by atoms with Gasteiger partial charge >= 0.3 is 6.09 Å². The molecule has 1 amide bonds. The van der Waals surface area contributed by atoms with Crippen LogP contribution in [0.3, 0.4) is 0 Å². The Hall–Kier alpha value is -4.91. The van der Waals surface area contributed by atoms with Crippen molar-refractivity contribution in [3.63, 3.8) is 0 Å². The summed E-state index contributed by atoms with van der Waals surface area (Å²) < 4.78 is 27.6. The van der Waals surface area contributed by atoms with Gasteiger partial charge in [-0.25, -0.2) is 4.79 Å². The van der Waals surface area contributed by atoms with Crippen molar-refractivity contribution >= 4 is 23.9 Å². The molecule has 7 heteroatoms. The molecule has 0 atom stereocenters. The molecular formula is C32H27NO6. The Bertz CT molecular complexity index is 1530. The van der Waals surface area contributed by atoms with Crippen LogP contribution in [-0.2, 0) is 4.74 Å². The predicted molar refractivity (Wildman–Crippen MR) is 150 cm³/mol. The number of hydrogen-bond donors (Lipinski definition) is 1. The van der Waals surface area contributed by atoms with Gasteiger partial charge in [-0.1, -0.05) is 66.7 Å². The molecule has 1 aliphatic heterocycles.